The summed E-state index contributed by atoms with van der Waals surface area (Å²) in [7, 11) is 0. The van der Waals surface area contributed by atoms with Crippen molar-refractivity contribution in [1.29, 1.82) is 10.5 Å². The number of benzene rings is 1. The Hall–Kier alpha value is -1.97. The number of hydrogen-bond donors (Lipinski definition) is 1. The second kappa shape index (κ2) is 5.05. The molecule has 0 amide bonds. The Morgan fingerprint density at radius 3 is 2.60 bits per heavy atom. The summed E-state index contributed by atoms with van der Waals surface area (Å²) in [4.78, 5) is 0. The van der Waals surface area contributed by atoms with Crippen LogP contribution in [0.3, 0.4) is 0 Å². The van der Waals surface area contributed by atoms with Gasteiger partial charge in [0.25, 0.3) is 0 Å². The van der Waals surface area contributed by atoms with Crippen LogP contribution in [0.25, 0.3) is 0 Å². The molecule has 0 radical (unpaired) electrons. The number of nitrogens with zero attached hydrogens (tertiary/aromatic N) is 2. The molecule has 0 aliphatic heterocycles. The highest BCUT2D eigenvalue weighted by atomic mass is 35.5. The maximum Gasteiger partial charge on any atom is 0.145 e. The van der Waals surface area contributed by atoms with Gasteiger partial charge in [-0.3, -0.25) is 0 Å². The fourth-order valence-electron chi connectivity index (χ4n) is 1.03. The Balaban J connectivity index is 2.89. The van der Waals surface area contributed by atoms with Crippen molar-refractivity contribution in [3.63, 3.8) is 0 Å². The van der Waals surface area contributed by atoms with Gasteiger partial charge in [-0.1, -0.05) is 11.6 Å². The van der Waals surface area contributed by atoms with E-state index in [1.54, 1.807) is 30.3 Å². The van der Waals surface area contributed by atoms with E-state index in [-0.39, 0.29) is 5.57 Å². The van der Waals surface area contributed by atoms with Crippen LogP contribution in [-0.2, 0) is 0 Å². The highest BCUT2D eigenvalue weighted by molar-refractivity contribution is 6.30. The number of rotatable bonds is 2. The fourth-order valence-corrected chi connectivity index (χ4v) is 1.26. The highest BCUT2D eigenvalue weighted by Gasteiger charge is 1.97. The summed E-state index contributed by atoms with van der Waals surface area (Å²) in [5.74, 6) is 0. The van der Waals surface area contributed by atoms with Crippen molar-refractivity contribution < 1.29 is 0 Å². The van der Waals surface area contributed by atoms with Crippen LogP contribution in [-0.4, -0.2) is 0 Å². The first-order valence-corrected chi connectivity index (χ1v) is 4.58. The van der Waals surface area contributed by atoms with E-state index < -0.39 is 0 Å². The predicted octanol–water partition coefficient (Wildman–Crippen LogP) is 2.99. The van der Waals surface area contributed by atoms with Gasteiger partial charge in [-0.05, 0) is 30.7 Å². The second-order valence-electron chi connectivity index (χ2n) is 2.89. The number of nitriles is 2. The molecule has 74 valence electrons. The summed E-state index contributed by atoms with van der Waals surface area (Å²) in [6, 6.07) is 8.86. The Labute approximate surface area is 93.2 Å². The van der Waals surface area contributed by atoms with Gasteiger partial charge in [-0.15, -0.1) is 0 Å². The van der Waals surface area contributed by atoms with Gasteiger partial charge < -0.3 is 5.32 Å². The third kappa shape index (κ3) is 3.02. The first-order valence-electron chi connectivity index (χ1n) is 4.20. The van der Waals surface area contributed by atoms with Gasteiger partial charge >= 0.3 is 0 Å². The first-order chi connectivity index (χ1) is 7.17. The van der Waals surface area contributed by atoms with Gasteiger partial charge in [-0.2, -0.15) is 10.5 Å². The largest absolute Gasteiger partial charge is 0.360 e. The highest BCUT2D eigenvalue weighted by Crippen LogP contribution is 2.19. The summed E-state index contributed by atoms with van der Waals surface area (Å²) in [6.45, 7) is 1.89. The topological polar surface area (TPSA) is 59.6 Å². The maximum absolute atomic E-state index is 8.52. The number of anilines is 1. The summed E-state index contributed by atoms with van der Waals surface area (Å²) in [6.07, 6.45) is 1.37. The first kappa shape index (κ1) is 11.1. The molecule has 1 aromatic rings. The van der Waals surface area contributed by atoms with Crippen molar-refractivity contribution >= 4 is 17.3 Å². The van der Waals surface area contributed by atoms with Crippen LogP contribution in [0.15, 0.2) is 30.0 Å². The molecule has 0 saturated heterocycles. The maximum atomic E-state index is 8.52. The van der Waals surface area contributed by atoms with Gasteiger partial charge in [0, 0.05) is 16.9 Å². The van der Waals surface area contributed by atoms with E-state index in [1.807, 2.05) is 6.92 Å². The van der Waals surface area contributed by atoms with Crippen molar-refractivity contribution in [2.75, 3.05) is 5.32 Å². The molecule has 4 heteroatoms. The van der Waals surface area contributed by atoms with Crippen LogP contribution in [0.1, 0.15) is 5.56 Å². The van der Waals surface area contributed by atoms with Crippen LogP contribution >= 0.6 is 11.6 Å². The number of nitrogens with one attached hydrogen (secondary N) is 1. The second-order valence-corrected chi connectivity index (χ2v) is 3.32. The minimum atomic E-state index is 0.0318. The zero-order valence-corrected chi connectivity index (χ0v) is 8.84. The molecule has 0 atom stereocenters. The number of aryl methyl sites for hydroxylation is 1. The minimum absolute atomic E-state index is 0.0318. The Kier molecular flexibility index (Phi) is 3.74. The van der Waals surface area contributed by atoms with Gasteiger partial charge in [0.2, 0.25) is 0 Å². The SMILES string of the molecule is Cc1cc(Cl)ccc1NC=C(C#N)C#N. The van der Waals surface area contributed by atoms with Crippen LogP contribution < -0.4 is 5.32 Å². The van der Waals surface area contributed by atoms with Crippen molar-refractivity contribution in [2.24, 2.45) is 0 Å². The zero-order chi connectivity index (χ0) is 11.3. The van der Waals surface area contributed by atoms with E-state index in [2.05, 4.69) is 5.32 Å². The van der Waals surface area contributed by atoms with Gasteiger partial charge in [-0.25, -0.2) is 0 Å². The van der Waals surface area contributed by atoms with Crippen molar-refractivity contribution in [1.82, 2.24) is 0 Å². The minimum Gasteiger partial charge on any atom is -0.360 e. The van der Waals surface area contributed by atoms with E-state index >= 15 is 0 Å². The molecular weight excluding hydrogens is 210 g/mol. The summed E-state index contributed by atoms with van der Waals surface area (Å²) < 4.78 is 0. The molecule has 3 nitrogen and oxygen atoms in total. The third-order valence-corrected chi connectivity index (χ3v) is 2.04. The van der Waals surface area contributed by atoms with E-state index in [0.29, 0.717) is 5.02 Å². The zero-order valence-electron chi connectivity index (χ0n) is 8.08. The van der Waals surface area contributed by atoms with E-state index in [4.69, 9.17) is 22.1 Å². The molecule has 0 aliphatic rings. The van der Waals surface area contributed by atoms with Crippen LogP contribution in [0, 0.1) is 29.6 Å². The van der Waals surface area contributed by atoms with Crippen LogP contribution in [0.4, 0.5) is 5.69 Å². The third-order valence-electron chi connectivity index (χ3n) is 1.80. The smallest absolute Gasteiger partial charge is 0.145 e. The molecular formula is C11H8ClN3. The normalized spacial score (nSPS) is 8.53. The lowest BCUT2D eigenvalue weighted by Gasteiger charge is -2.04. The molecule has 15 heavy (non-hydrogen) atoms. The van der Waals surface area contributed by atoms with Crippen molar-refractivity contribution in [3.05, 3.63) is 40.6 Å². The standard InChI is InChI=1S/C11H8ClN3/c1-8-4-10(12)2-3-11(8)15-7-9(5-13)6-14/h2-4,7,15H,1H3. The molecule has 0 heterocycles. The quantitative estimate of drug-likeness (QED) is 0.775. The molecule has 0 unspecified atom stereocenters. The summed E-state index contributed by atoms with van der Waals surface area (Å²) in [5, 5.41) is 20.6. The molecule has 0 saturated carbocycles. The van der Waals surface area contributed by atoms with Crippen LogP contribution in [0.2, 0.25) is 5.02 Å². The summed E-state index contributed by atoms with van der Waals surface area (Å²) in [5.41, 5.74) is 1.81. The van der Waals surface area contributed by atoms with E-state index in [0.717, 1.165) is 11.3 Å². The van der Waals surface area contributed by atoms with Crippen LogP contribution in [0.5, 0.6) is 0 Å². The van der Waals surface area contributed by atoms with Gasteiger partial charge in [0.05, 0.1) is 0 Å². The monoisotopic (exact) mass is 217 g/mol. The van der Waals surface area contributed by atoms with Gasteiger partial charge in [0.1, 0.15) is 17.7 Å². The number of halogens is 1. The number of allylic oxidation sites excluding steroid dienone is 1. The van der Waals surface area contributed by atoms with Crippen molar-refractivity contribution in [3.8, 4) is 12.1 Å². The van der Waals surface area contributed by atoms with Crippen molar-refractivity contribution in [2.45, 2.75) is 6.92 Å². The molecule has 1 rings (SSSR count). The summed E-state index contributed by atoms with van der Waals surface area (Å²) >= 11 is 5.79. The lowest BCUT2D eigenvalue weighted by Crippen LogP contribution is -1.92. The molecule has 0 bridgehead atoms. The van der Waals surface area contributed by atoms with E-state index in [9.17, 15) is 0 Å². The number of hydrogen-bond acceptors (Lipinski definition) is 3. The Bertz CT molecular complexity index is 462. The Morgan fingerprint density at radius 2 is 2.07 bits per heavy atom. The molecule has 0 aliphatic carbocycles. The molecule has 0 fully saturated rings. The molecule has 0 spiro atoms. The average molecular weight is 218 g/mol. The molecule has 1 N–H and O–H groups in total. The molecule has 1 aromatic carbocycles. The molecule has 0 aromatic heterocycles. The predicted molar refractivity (Wildman–Crippen MR) is 59.1 cm³/mol. The fraction of sp³-hybridized carbons (Fsp3) is 0.0909. The average Bonchev–Trinajstić information content (AvgIpc) is 2.22. The van der Waals surface area contributed by atoms with Gasteiger partial charge in [0.15, 0.2) is 0 Å². The Morgan fingerprint density at radius 1 is 1.40 bits per heavy atom. The lowest BCUT2D eigenvalue weighted by molar-refractivity contribution is 1.41. The lowest BCUT2D eigenvalue weighted by atomic mass is 10.2. The van der Waals surface area contributed by atoms with E-state index in [1.165, 1.54) is 6.20 Å².